The fourth-order valence-electron chi connectivity index (χ4n) is 2.64. The summed E-state index contributed by atoms with van der Waals surface area (Å²) in [5.74, 6) is -0.499. The quantitative estimate of drug-likeness (QED) is 0.911. The maximum absolute atomic E-state index is 13.9. The van der Waals surface area contributed by atoms with Crippen LogP contribution in [-0.4, -0.2) is 16.6 Å². The lowest BCUT2D eigenvalue weighted by Gasteiger charge is -2.21. The molecule has 0 bridgehead atoms. The van der Waals surface area contributed by atoms with Gasteiger partial charge in [-0.3, -0.25) is 4.79 Å². The Bertz CT molecular complexity index is 646. The van der Waals surface area contributed by atoms with Gasteiger partial charge in [-0.25, -0.2) is 4.39 Å². The Kier molecular flexibility index (Phi) is 3.51. The molecule has 1 saturated carbocycles. The summed E-state index contributed by atoms with van der Waals surface area (Å²) >= 11 is 0. The first-order valence-electron chi connectivity index (χ1n) is 6.96. The molecule has 0 aliphatic heterocycles. The molecule has 1 aliphatic carbocycles. The average Bonchev–Trinajstić information content (AvgIpc) is 3.13. The highest BCUT2D eigenvalue weighted by Gasteiger charge is 2.39. The van der Waals surface area contributed by atoms with Gasteiger partial charge < -0.3 is 14.8 Å². The molecule has 4 nitrogen and oxygen atoms in total. The average molecular weight is 289 g/mol. The normalized spacial score (nSPS) is 16.9. The summed E-state index contributed by atoms with van der Waals surface area (Å²) in [4.78, 5) is 12.1. The van der Waals surface area contributed by atoms with Crippen molar-refractivity contribution in [1.29, 1.82) is 0 Å². The molecule has 1 aromatic heterocycles. The molecule has 0 unspecified atom stereocenters. The second-order valence-corrected chi connectivity index (χ2v) is 5.36. The molecule has 0 radical (unpaired) electrons. The molecule has 3 rings (SSSR count). The Morgan fingerprint density at radius 2 is 2.05 bits per heavy atom. The summed E-state index contributed by atoms with van der Waals surface area (Å²) in [5.41, 5.74) is -0.669. The topological polar surface area (TPSA) is 62.5 Å². The highest BCUT2D eigenvalue weighted by molar-refractivity contribution is 5.97. The zero-order chi connectivity index (χ0) is 14.9. The summed E-state index contributed by atoms with van der Waals surface area (Å²) in [6.07, 6.45) is 3.96. The highest BCUT2D eigenvalue weighted by Crippen LogP contribution is 2.32. The number of hydrogen-bond acceptors (Lipinski definition) is 3. The zero-order valence-corrected chi connectivity index (χ0v) is 11.4. The first-order chi connectivity index (χ1) is 10.1. The first-order valence-corrected chi connectivity index (χ1v) is 6.96. The smallest absolute Gasteiger partial charge is 0.256 e. The van der Waals surface area contributed by atoms with E-state index in [0.29, 0.717) is 24.2 Å². The third-order valence-corrected chi connectivity index (χ3v) is 3.87. The highest BCUT2D eigenvalue weighted by atomic mass is 19.1. The van der Waals surface area contributed by atoms with Crippen LogP contribution in [0.4, 0.5) is 10.1 Å². The number of aliphatic hydroxyl groups is 1. The van der Waals surface area contributed by atoms with Crippen LogP contribution in [0.25, 0.3) is 11.3 Å². The van der Waals surface area contributed by atoms with Gasteiger partial charge in [0.05, 0.1) is 12.0 Å². The minimum atomic E-state index is -1.38. The number of rotatable bonds is 3. The summed E-state index contributed by atoms with van der Waals surface area (Å²) < 4.78 is 19.1. The third kappa shape index (κ3) is 2.69. The molecular weight excluding hydrogens is 273 g/mol. The predicted octanol–water partition coefficient (Wildman–Crippen LogP) is 3.33. The molecule has 110 valence electrons. The van der Waals surface area contributed by atoms with E-state index in [-0.39, 0.29) is 5.69 Å². The molecular formula is C16H16FNO3. The van der Waals surface area contributed by atoms with Crippen molar-refractivity contribution in [3.05, 3.63) is 42.4 Å². The second kappa shape index (κ2) is 5.33. The van der Waals surface area contributed by atoms with E-state index in [9.17, 15) is 14.3 Å². The van der Waals surface area contributed by atoms with E-state index in [1.54, 1.807) is 18.2 Å². The number of hydrogen-bond donors (Lipinski definition) is 2. The number of halogens is 1. The Morgan fingerprint density at radius 3 is 2.71 bits per heavy atom. The zero-order valence-electron chi connectivity index (χ0n) is 11.4. The van der Waals surface area contributed by atoms with Gasteiger partial charge >= 0.3 is 0 Å². The molecule has 1 fully saturated rings. The molecule has 1 heterocycles. The molecule has 21 heavy (non-hydrogen) atoms. The van der Waals surface area contributed by atoms with Crippen LogP contribution < -0.4 is 5.32 Å². The van der Waals surface area contributed by atoms with E-state index in [1.165, 1.54) is 18.4 Å². The summed E-state index contributed by atoms with van der Waals surface area (Å²) in [6.45, 7) is 0. The van der Waals surface area contributed by atoms with Crippen LogP contribution in [-0.2, 0) is 4.79 Å². The third-order valence-electron chi connectivity index (χ3n) is 3.87. The maximum atomic E-state index is 13.9. The molecule has 0 atom stereocenters. The molecule has 1 aromatic carbocycles. The van der Waals surface area contributed by atoms with Crippen molar-refractivity contribution in [2.75, 3.05) is 5.32 Å². The fourth-order valence-corrected chi connectivity index (χ4v) is 2.64. The van der Waals surface area contributed by atoms with Crippen molar-refractivity contribution in [1.82, 2.24) is 0 Å². The van der Waals surface area contributed by atoms with Crippen LogP contribution in [0.5, 0.6) is 0 Å². The van der Waals surface area contributed by atoms with E-state index in [4.69, 9.17) is 4.42 Å². The minimum absolute atomic E-state index is 0.0502. The number of nitrogens with one attached hydrogen (secondary N) is 1. The summed E-state index contributed by atoms with van der Waals surface area (Å²) in [5, 5.41) is 12.7. The fraction of sp³-hybridized carbons (Fsp3) is 0.312. The second-order valence-electron chi connectivity index (χ2n) is 5.36. The van der Waals surface area contributed by atoms with E-state index < -0.39 is 17.3 Å². The standard InChI is InChI=1S/C16H16FNO3/c17-12-6-5-11(14-4-3-9-21-14)10-13(12)18-15(19)16(20)7-1-2-8-16/h3-6,9-10,20H,1-2,7-8H2,(H,18,19). The predicted molar refractivity (Wildman–Crippen MR) is 76.1 cm³/mol. The molecule has 0 spiro atoms. The van der Waals surface area contributed by atoms with Crippen molar-refractivity contribution in [3.8, 4) is 11.3 Å². The van der Waals surface area contributed by atoms with E-state index in [2.05, 4.69) is 5.32 Å². The van der Waals surface area contributed by atoms with Gasteiger partial charge in [-0.05, 0) is 56.0 Å². The number of amides is 1. The molecule has 1 amide bonds. The molecule has 2 aromatic rings. The monoisotopic (exact) mass is 289 g/mol. The van der Waals surface area contributed by atoms with Gasteiger partial charge in [0.15, 0.2) is 0 Å². The van der Waals surface area contributed by atoms with Gasteiger partial charge in [-0.2, -0.15) is 0 Å². The van der Waals surface area contributed by atoms with Crippen molar-refractivity contribution in [2.24, 2.45) is 0 Å². The SMILES string of the molecule is O=C(Nc1cc(-c2ccco2)ccc1F)C1(O)CCCC1. The van der Waals surface area contributed by atoms with Crippen LogP contribution in [0, 0.1) is 5.82 Å². The Hall–Kier alpha value is -2.14. The van der Waals surface area contributed by atoms with Crippen molar-refractivity contribution in [3.63, 3.8) is 0 Å². The van der Waals surface area contributed by atoms with Crippen molar-refractivity contribution >= 4 is 11.6 Å². The molecule has 0 saturated heterocycles. The van der Waals surface area contributed by atoms with Crippen LogP contribution in [0.3, 0.4) is 0 Å². The van der Waals surface area contributed by atoms with E-state index >= 15 is 0 Å². The number of anilines is 1. The summed E-state index contributed by atoms with van der Waals surface area (Å²) in [7, 11) is 0. The van der Waals surface area contributed by atoms with E-state index in [0.717, 1.165) is 12.8 Å². The number of carbonyl (C=O) groups excluding carboxylic acids is 1. The van der Waals surface area contributed by atoms with Crippen LogP contribution in [0.1, 0.15) is 25.7 Å². The Labute approximate surface area is 121 Å². The lowest BCUT2D eigenvalue weighted by molar-refractivity contribution is -0.133. The Morgan fingerprint density at radius 1 is 1.29 bits per heavy atom. The molecule has 2 N–H and O–H groups in total. The number of furan rings is 1. The number of carbonyl (C=O) groups is 1. The van der Waals surface area contributed by atoms with Gasteiger partial charge in [0.2, 0.25) is 0 Å². The first kappa shape index (κ1) is 13.8. The van der Waals surface area contributed by atoms with Crippen LogP contribution in [0.15, 0.2) is 41.0 Å². The number of benzene rings is 1. The van der Waals surface area contributed by atoms with Gasteiger partial charge in [0.1, 0.15) is 17.2 Å². The molecule has 1 aliphatic rings. The lowest BCUT2D eigenvalue weighted by Crippen LogP contribution is -2.40. The van der Waals surface area contributed by atoms with Crippen molar-refractivity contribution in [2.45, 2.75) is 31.3 Å². The van der Waals surface area contributed by atoms with Crippen LogP contribution >= 0.6 is 0 Å². The minimum Gasteiger partial charge on any atom is -0.464 e. The largest absolute Gasteiger partial charge is 0.464 e. The van der Waals surface area contributed by atoms with Gasteiger partial charge in [0.25, 0.3) is 5.91 Å². The van der Waals surface area contributed by atoms with Gasteiger partial charge in [-0.1, -0.05) is 0 Å². The molecule has 5 heteroatoms. The summed E-state index contributed by atoms with van der Waals surface area (Å²) in [6, 6.07) is 7.84. The van der Waals surface area contributed by atoms with Gasteiger partial charge in [0, 0.05) is 5.56 Å². The Balaban J connectivity index is 1.85. The lowest BCUT2D eigenvalue weighted by atomic mass is 10.0. The maximum Gasteiger partial charge on any atom is 0.256 e. The van der Waals surface area contributed by atoms with Gasteiger partial charge in [-0.15, -0.1) is 0 Å². The van der Waals surface area contributed by atoms with E-state index in [1.807, 2.05) is 0 Å². The van der Waals surface area contributed by atoms with Crippen molar-refractivity contribution < 1.29 is 18.7 Å². The van der Waals surface area contributed by atoms with Crippen LogP contribution in [0.2, 0.25) is 0 Å².